The molecule has 124 valence electrons. The van der Waals surface area contributed by atoms with Gasteiger partial charge in [0.1, 0.15) is 11.9 Å². The molecule has 1 fully saturated rings. The van der Waals surface area contributed by atoms with Crippen molar-refractivity contribution in [2.45, 2.75) is 18.9 Å². The molecule has 1 aliphatic heterocycles. The Hall–Kier alpha value is -3.27. The van der Waals surface area contributed by atoms with E-state index in [9.17, 15) is 10.1 Å². The van der Waals surface area contributed by atoms with Crippen LogP contribution in [0.4, 0.5) is 5.82 Å². The molecule has 3 heterocycles. The lowest BCUT2D eigenvalue weighted by Crippen LogP contribution is -2.31. The van der Waals surface area contributed by atoms with E-state index < -0.39 is 0 Å². The Bertz CT molecular complexity index is 1050. The summed E-state index contributed by atoms with van der Waals surface area (Å²) in [5.74, 6) is 1.24. The molecule has 0 N–H and O–H groups in total. The molecular weight excluding hydrogens is 316 g/mol. The van der Waals surface area contributed by atoms with Crippen LogP contribution in [0.1, 0.15) is 30.3 Å². The summed E-state index contributed by atoms with van der Waals surface area (Å²) in [5, 5.41) is 18.1. The Morgan fingerprint density at radius 3 is 2.96 bits per heavy atom. The fourth-order valence-electron chi connectivity index (χ4n) is 3.45. The Kier molecular flexibility index (Phi) is 3.65. The lowest BCUT2D eigenvalue weighted by molar-refractivity contribution is 0.605. The zero-order chi connectivity index (χ0) is 17.4. The molecule has 7 nitrogen and oxygen atoms in total. The molecule has 0 aliphatic carbocycles. The molecule has 0 spiro atoms. The molecule has 0 radical (unpaired) electrons. The predicted molar refractivity (Wildman–Crippen MR) is 93.1 cm³/mol. The highest BCUT2D eigenvalue weighted by atomic mass is 16.1. The molecule has 1 aliphatic rings. The van der Waals surface area contributed by atoms with Crippen LogP contribution in [-0.4, -0.2) is 26.3 Å². The Balaban J connectivity index is 1.87. The normalized spacial score (nSPS) is 17.0. The Labute approximate surface area is 144 Å². The summed E-state index contributed by atoms with van der Waals surface area (Å²) in [6.07, 6.45) is 3.30. The highest BCUT2D eigenvalue weighted by molar-refractivity contribution is 5.77. The number of fused-ring (bicyclic) bond motifs is 1. The lowest BCUT2D eigenvalue weighted by Gasteiger charge is -2.26. The quantitative estimate of drug-likeness (QED) is 0.712. The van der Waals surface area contributed by atoms with Crippen LogP contribution in [0.5, 0.6) is 0 Å². The van der Waals surface area contributed by atoms with Gasteiger partial charge in [-0.25, -0.2) is 4.98 Å². The van der Waals surface area contributed by atoms with Crippen LogP contribution in [-0.2, 0) is 7.05 Å². The SMILES string of the molecule is Cn1c(C2CCCN2c2nnccc2C#N)nc2ccccc2c1=O. The van der Waals surface area contributed by atoms with Crippen molar-refractivity contribution in [1.29, 1.82) is 5.26 Å². The lowest BCUT2D eigenvalue weighted by atomic mass is 10.1. The highest BCUT2D eigenvalue weighted by Gasteiger charge is 2.32. The van der Waals surface area contributed by atoms with Crippen LogP contribution >= 0.6 is 0 Å². The molecule has 1 saturated heterocycles. The van der Waals surface area contributed by atoms with E-state index in [4.69, 9.17) is 4.98 Å². The maximum atomic E-state index is 12.7. The summed E-state index contributed by atoms with van der Waals surface area (Å²) in [5.41, 5.74) is 1.10. The van der Waals surface area contributed by atoms with Gasteiger partial charge in [0.2, 0.25) is 0 Å². The van der Waals surface area contributed by atoms with Gasteiger partial charge in [0, 0.05) is 13.6 Å². The van der Waals surface area contributed by atoms with Gasteiger partial charge in [-0.15, -0.1) is 5.10 Å². The number of aromatic nitrogens is 4. The number of hydrogen-bond acceptors (Lipinski definition) is 6. The fraction of sp³-hybridized carbons (Fsp3) is 0.278. The maximum Gasteiger partial charge on any atom is 0.261 e. The predicted octanol–water partition coefficient (Wildman–Crippen LogP) is 1.94. The summed E-state index contributed by atoms with van der Waals surface area (Å²) < 4.78 is 1.60. The maximum absolute atomic E-state index is 12.7. The summed E-state index contributed by atoms with van der Waals surface area (Å²) in [6.45, 7) is 0.751. The first kappa shape index (κ1) is 15.3. The number of nitrogens with zero attached hydrogens (tertiary/aromatic N) is 6. The van der Waals surface area contributed by atoms with Gasteiger partial charge in [0.25, 0.3) is 5.56 Å². The third-order valence-electron chi connectivity index (χ3n) is 4.66. The number of benzene rings is 1. The molecule has 4 rings (SSSR count). The molecule has 1 unspecified atom stereocenters. The summed E-state index contributed by atoms with van der Waals surface area (Å²) >= 11 is 0. The second kappa shape index (κ2) is 5.98. The second-order valence-electron chi connectivity index (χ2n) is 6.08. The van der Waals surface area contributed by atoms with E-state index >= 15 is 0 Å². The largest absolute Gasteiger partial charge is 0.344 e. The van der Waals surface area contributed by atoms with Crippen LogP contribution in [0.2, 0.25) is 0 Å². The molecular formula is C18H16N6O. The average Bonchev–Trinajstić information content (AvgIpc) is 3.14. The van der Waals surface area contributed by atoms with Crippen LogP contribution in [0, 0.1) is 11.3 Å². The number of hydrogen-bond donors (Lipinski definition) is 0. The minimum atomic E-state index is -0.105. The summed E-state index contributed by atoms with van der Waals surface area (Å²) in [4.78, 5) is 19.5. The van der Waals surface area contributed by atoms with E-state index in [1.54, 1.807) is 23.7 Å². The first-order valence-corrected chi connectivity index (χ1v) is 8.15. The van der Waals surface area contributed by atoms with E-state index in [-0.39, 0.29) is 11.6 Å². The molecule has 0 bridgehead atoms. The number of para-hydroxylation sites is 1. The number of rotatable bonds is 2. The van der Waals surface area contributed by atoms with Crippen molar-refractivity contribution >= 4 is 16.7 Å². The minimum Gasteiger partial charge on any atom is -0.344 e. The monoisotopic (exact) mass is 332 g/mol. The minimum absolute atomic E-state index is 0.0629. The van der Waals surface area contributed by atoms with E-state index in [0.717, 1.165) is 19.4 Å². The molecule has 2 aromatic heterocycles. The molecule has 0 saturated carbocycles. The van der Waals surface area contributed by atoms with Crippen molar-refractivity contribution in [1.82, 2.24) is 19.7 Å². The van der Waals surface area contributed by atoms with Gasteiger partial charge >= 0.3 is 0 Å². The van der Waals surface area contributed by atoms with Gasteiger partial charge in [0.15, 0.2) is 5.82 Å². The molecule has 1 aromatic carbocycles. The molecule has 7 heteroatoms. The zero-order valence-electron chi connectivity index (χ0n) is 13.8. The average molecular weight is 332 g/mol. The second-order valence-corrected chi connectivity index (χ2v) is 6.08. The van der Waals surface area contributed by atoms with Crippen molar-refractivity contribution < 1.29 is 0 Å². The van der Waals surface area contributed by atoms with E-state index in [1.165, 1.54) is 6.20 Å². The van der Waals surface area contributed by atoms with Crippen molar-refractivity contribution in [2.75, 3.05) is 11.4 Å². The van der Waals surface area contributed by atoms with Crippen molar-refractivity contribution in [2.24, 2.45) is 7.05 Å². The van der Waals surface area contributed by atoms with E-state index in [2.05, 4.69) is 16.3 Å². The van der Waals surface area contributed by atoms with Crippen molar-refractivity contribution in [3.8, 4) is 6.07 Å². The van der Waals surface area contributed by atoms with Gasteiger partial charge in [-0.2, -0.15) is 10.4 Å². The first-order valence-electron chi connectivity index (χ1n) is 8.15. The highest BCUT2D eigenvalue weighted by Crippen LogP contribution is 2.35. The molecule has 25 heavy (non-hydrogen) atoms. The molecule has 1 atom stereocenters. The standard InChI is InChI=1S/C18H16N6O/c1-23-17(21-14-6-3-2-5-13(14)18(23)25)15-7-4-10-24(15)16-12(11-19)8-9-20-22-16/h2-3,5-6,8-9,15H,4,7,10H2,1H3. The third kappa shape index (κ3) is 2.43. The zero-order valence-corrected chi connectivity index (χ0v) is 13.8. The van der Waals surface area contributed by atoms with E-state index in [1.807, 2.05) is 23.1 Å². The van der Waals surface area contributed by atoms with Gasteiger partial charge in [-0.05, 0) is 31.0 Å². The van der Waals surface area contributed by atoms with Crippen LogP contribution < -0.4 is 10.5 Å². The van der Waals surface area contributed by atoms with Crippen LogP contribution in [0.15, 0.2) is 41.3 Å². The van der Waals surface area contributed by atoms with Crippen LogP contribution in [0.3, 0.4) is 0 Å². The number of nitriles is 1. The van der Waals surface area contributed by atoms with Crippen LogP contribution in [0.25, 0.3) is 10.9 Å². The van der Waals surface area contributed by atoms with Gasteiger partial charge < -0.3 is 4.90 Å². The third-order valence-corrected chi connectivity index (χ3v) is 4.66. The van der Waals surface area contributed by atoms with Gasteiger partial charge in [-0.1, -0.05) is 12.1 Å². The Morgan fingerprint density at radius 2 is 2.12 bits per heavy atom. The smallest absolute Gasteiger partial charge is 0.261 e. The topological polar surface area (TPSA) is 87.7 Å². The Morgan fingerprint density at radius 1 is 1.28 bits per heavy atom. The van der Waals surface area contributed by atoms with Crippen molar-refractivity contribution in [3.63, 3.8) is 0 Å². The summed E-state index contributed by atoms with van der Waals surface area (Å²) in [6, 6.07) is 11.1. The fourth-order valence-corrected chi connectivity index (χ4v) is 3.45. The van der Waals surface area contributed by atoms with Crippen molar-refractivity contribution in [3.05, 3.63) is 58.3 Å². The summed E-state index contributed by atoms with van der Waals surface area (Å²) in [7, 11) is 1.75. The van der Waals surface area contributed by atoms with Gasteiger partial charge in [0.05, 0.1) is 28.7 Å². The first-order chi connectivity index (χ1) is 12.2. The molecule has 0 amide bonds. The van der Waals surface area contributed by atoms with E-state index in [0.29, 0.717) is 28.1 Å². The number of anilines is 1. The molecule has 3 aromatic rings. The van der Waals surface area contributed by atoms with Gasteiger partial charge in [-0.3, -0.25) is 9.36 Å².